The Morgan fingerprint density at radius 3 is 2.46 bits per heavy atom. The number of guanidine groups is 1. The summed E-state index contributed by atoms with van der Waals surface area (Å²) in [6.45, 7) is 1.53. The third-order valence-electron chi connectivity index (χ3n) is 5.91. The maximum absolute atomic E-state index is 12.7. The quantitative estimate of drug-likeness (QED) is 0.246. The van der Waals surface area contributed by atoms with Crippen LogP contribution in [0, 0.1) is 23.7 Å². The smallest absolute Gasteiger partial charge is 0.233 e. The maximum atomic E-state index is 12.7. The second-order valence-electron chi connectivity index (χ2n) is 7.49. The highest BCUT2D eigenvalue weighted by Gasteiger charge is 2.58. The van der Waals surface area contributed by atoms with Crippen LogP contribution in [-0.2, 0) is 16.0 Å². The fourth-order valence-electron chi connectivity index (χ4n) is 4.57. The lowest BCUT2D eigenvalue weighted by molar-refractivity contribution is -0.140. The third-order valence-corrected chi connectivity index (χ3v) is 6.13. The van der Waals surface area contributed by atoms with Crippen molar-refractivity contribution in [3.05, 3.63) is 41.2 Å². The highest BCUT2D eigenvalue weighted by Crippen LogP contribution is 2.52. The third kappa shape index (κ3) is 3.51. The second-order valence-corrected chi connectivity index (χ2v) is 7.88. The first kappa shape index (κ1) is 18.9. The Kier molecular flexibility index (Phi) is 5.35. The molecule has 8 heteroatoms. The molecule has 3 aliphatic rings. The molecule has 4 atom stereocenters. The number of rotatable bonds is 6. The summed E-state index contributed by atoms with van der Waals surface area (Å²) >= 11 is 5.79. The van der Waals surface area contributed by atoms with Gasteiger partial charge in [-0.05, 0) is 36.3 Å². The summed E-state index contributed by atoms with van der Waals surface area (Å²) in [7, 11) is 1.69. The van der Waals surface area contributed by atoms with Crippen LogP contribution in [0.2, 0.25) is 5.15 Å². The highest BCUT2D eigenvalue weighted by molar-refractivity contribution is 6.29. The van der Waals surface area contributed by atoms with E-state index in [2.05, 4.69) is 32.8 Å². The number of imide groups is 1. The highest BCUT2D eigenvalue weighted by atomic mass is 35.5. The Morgan fingerprint density at radius 2 is 1.86 bits per heavy atom. The number of halogens is 1. The van der Waals surface area contributed by atoms with Gasteiger partial charge >= 0.3 is 0 Å². The SMILES string of the molecule is CN=C(NCCc1ccc(Cl)nc1)NCCN1C(=O)C2C3C=CC(C3)C2C1=O. The van der Waals surface area contributed by atoms with Gasteiger partial charge in [0, 0.05) is 32.9 Å². The van der Waals surface area contributed by atoms with Gasteiger partial charge in [-0.15, -0.1) is 0 Å². The van der Waals surface area contributed by atoms with E-state index in [-0.39, 0.29) is 35.5 Å². The van der Waals surface area contributed by atoms with Crippen LogP contribution in [0.25, 0.3) is 0 Å². The van der Waals surface area contributed by atoms with Crippen LogP contribution < -0.4 is 10.6 Å². The van der Waals surface area contributed by atoms with Crippen molar-refractivity contribution >= 4 is 29.4 Å². The van der Waals surface area contributed by atoms with Crippen molar-refractivity contribution in [3.8, 4) is 0 Å². The first-order chi connectivity index (χ1) is 13.6. The molecule has 1 saturated heterocycles. The molecule has 0 spiro atoms. The van der Waals surface area contributed by atoms with Crippen LogP contribution >= 0.6 is 11.6 Å². The summed E-state index contributed by atoms with van der Waals surface area (Å²) < 4.78 is 0. The molecule has 2 fully saturated rings. The minimum absolute atomic E-state index is 0.00756. The van der Waals surface area contributed by atoms with Gasteiger partial charge in [0.15, 0.2) is 5.96 Å². The molecule has 0 radical (unpaired) electrons. The van der Waals surface area contributed by atoms with E-state index in [0.717, 1.165) is 18.4 Å². The van der Waals surface area contributed by atoms with Crippen LogP contribution in [0.15, 0.2) is 35.5 Å². The summed E-state index contributed by atoms with van der Waals surface area (Å²) in [6.07, 6.45) is 7.72. The molecule has 1 saturated carbocycles. The molecule has 2 bridgehead atoms. The molecule has 2 heterocycles. The Labute approximate surface area is 169 Å². The van der Waals surface area contributed by atoms with Crippen molar-refractivity contribution in [2.24, 2.45) is 28.7 Å². The lowest BCUT2D eigenvalue weighted by atomic mass is 9.85. The molecule has 28 heavy (non-hydrogen) atoms. The number of nitrogens with one attached hydrogen (secondary N) is 2. The van der Waals surface area contributed by atoms with Gasteiger partial charge in [-0.2, -0.15) is 0 Å². The summed E-state index contributed by atoms with van der Waals surface area (Å²) in [5, 5.41) is 6.88. The molecular formula is C20H24ClN5O2. The number of allylic oxidation sites excluding steroid dienone is 2. The molecule has 2 aliphatic carbocycles. The number of carbonyl (C=O) groups is 2. The Hall–Kier alpha value is -2.41. The van der Waals surface area contributed by atoms with Crippen molar-refractivity contribution in [1.29, 1.82) is 0 Å². The molecule has 1 aromatic rings. The van der Waals surface area contributed by atoms with E-state index in [1.165, 1.54) is 4.90 Å². The van der Waals surface area contributed by atoms with Gasteiger partial charge in [0.05, 0.1) is 11.8 Å². The van der Waals surface area contributed by atoms with Gasteiger partial charge in [-0.25, -0.2) is 4.98 Å². The zero-order valence-electron chi connectivity index (χ0n) is 15.8. The summed E-state index contributed by atoms with van der Waals surface area (Å²) in [4.78, 5) is 35.0. The normalized spacial score (nSPS) is 28.2. The number of aromatic nitrogens is 1. The number of nitrogens with zero attached hydrogens (tertiary/aromatic N) is 3. The van der Waals surface area contributed by atoms with Gasteiger partial charge in [0.25, 0.3) is 0 Å². The molecule has 1 aliphatic heterocycles. The lowest BCUT2D eigenvalue weighted by Gasteiger charge is -2.18. The number of carbonyl (C=O) groups excluding carboxylic acids is 2. The molecular weight excluding hydrogens is 378 g/mol. The van der Waals surface area contributed by atoms with Gasteiger partial charge < -0.3 is 10.6 Å². The number of pyridine rings is 1. The number of fused-ring (bicyclic) bond motifs is 5. The number of likely N-dealkylation sites (tertiary alicyclic amines) is 1. The van der Waals surface area contributed by atoms with Gasteiger partial charge in [0.2, 0.25) is 11.8 Å². The van der Waals surface area contributed by atoms with Gasteiger partial charge in [-0.1, -0.05) is 29.8 Å². The molecule has 1 aromatic heterocycles. The van der Waals surface area contributed by atoms with E-state index in [1.807, 2.05) is 6.07 Å². The van der Waals surface area contributed by atoms with Crippen molar-refractivity contribution in [1.82, 2.24) is 20.5 Å². The van der Waals surface area contributed by atoms with Crippen molar-refractivity contribution in [3.63, 3.8) is 0 Å². The monoisotopic (exact) mass is 401 g/mol. The van der Waals surface area contributed by atoms with Gasteiger partial charge in [-0.3, -0.25) is 19.5 Å². The van der Waals surface area contributed by atoms with Crippen LogP contribution in [-0.4, -0.2) is 54.3 Å². The number of aliphatic imine (C=N–C) groups is 1. The average molecular weight is 402 g/mol. The summed E-state index contributed by atoms with van der Waals surface area (Å²) in [5.41, 5.74) is 1.08. The topological polar surface area (TPSA) is 86.7 Å². The molecule has 4 rings (SSSR count). The largest absolute Gasteiger partial charge is 0.356 e. The van der Waals surface area contributed by atoms with Crippen molar-refractivity contribution in [2.45, 2.75) is 12.8 Å². The Morgan fingerprint density at radius 1 is 1.18 bits per heavy atom. The van der Waals surface area contributed by atoms with Crippen molar-refractivity contribution in [2.75, 3.05) is 26.7 Å². The first-order valence-electron chi connectivity index (χ1n) is 9.67. The van der Waals surface area contributed by atoms with Crippen LogP contribution in [0.1, 0.15) is 12.0 Å². The van der Waals surface area contributed by atoms with E-state index < -0.39 is 0 Å². The van der Waals surface area contributed by atoms with E-state index in [4.69, 9.17) is 11.6 Å². The van der Waals surface area contributed by atoms with E-state index in [9.17, 15) is 9.59 Å². The minimum atomic E-state index is -0.132. The molecule has 148 valence electrons. The summed E-state index contributed by atoms with van der Waals surface area (Å²) in [6, 6.07) is 3.71. The van der Waals surface area contributed by atoms with E-state index >= 15 is 0 Å². The van der Waals surface area contributed by atoms with Crippen molar-refractivity contribution < 1.29 is 9.59 Å². The average Bonchev–Trinajstić information content (AvgIpc) is 3.37. The fraction of sp³-hybridized carbons (Fsp3) is 0.500. The van der Waals surface area contributed by atoms with E-state index in [1.54, 1.807) is 19.3 Å². The van der Waals surface area contributed by atoms with Gasteiger partial charge in [0.1, 0.15) is 5.15 Å². The molecule has 2 amide bonds. The summed E-state index contributed by atoms with van der Waals surface area (Å²) in [5.74, 6) is 0.866. The first-order valence-corrected chi connectivity index (χ1v) is 10.0. The predicted octanol–water partition coefficient (Wildman–Crippen LogP) is 1.25. The van der Waals surface area contributed by atoms with Crippen LogP contribution in [0.3, 0.4) is 0 Å². The van der Waals surface area contributed by atoms with Crippen LogP contribution in [0.5, 0.6) is 0 Å². The number of hydrogen-bond donors (Lipinski definition) is 2. The Bertz CT molecular complexity index is 792. The molecule has 4 unspecified atom stereocenters. The molecule has 7 nitrogen and oxygen atoms in total. The van der Waals surface area contributed by atoms with Crippen LogP contribution in [0.4, 0.5) is 0 Å². The second kappa shape index (κ2) is 7.91. The Balaban J connectivity index is 1.22. The predicted molar refractivity (Wildman–Crippen MR) is 107 cm³/mol. The maximum Gasteiger partial charge on any atom is 0.233 e. The number of amides is 2. The molecule has 0 aromatic carbocycles. The fourth-order valence-corrected chi connectivity index (χ4v) is 4.68. The standard InChI is InChI=1S/C20H24ClN5O2/c1-22-20(23-7-6-12-2-5-15(21)25-11-12)24-8-9-26-18(27)16-13-3-4-14(10-13)17(16)19(26)28/h2-5,11,13-14,16-17H,6-10H2,1H3,(H2,22,23,24). The number of hydrogen-bond acceptors (Lipinski definition) is 4. The zero-order chi connectivity index (χ0) is 19.7. The van der Waals surface area contributed by atoms with E-state index in [0.29, 0.717) is 30.7 Å². The minimum Gasteiger partial charge on any atom is -0.356 e. The lowest BCUT2D eigenvalue weighted by Crippen LogP contribution is -2.44. The zero-order valence-corrected chi connectivity index (χ0v) is 16.5. The molecule has 2 N–H and O–H groups in total.